The van der Waals surface area contributed by atoms with E-state index in [0.717, 1.165) is 19.6 Å². The minimum Gasteiger partial charge on any atom is -0.330 e. The van der Waals surface area contributed by atoms with E-state index in [1.807, 2.05) is 0 Å². The maximum atomic E-state index is 6.01. The number of nitrogens with two attached hydrogens (primary N) is 1. The monoisotopic (exact) mass is 274 g/mol. The van der Waals surface area contributed by atoms with Crippen LogP contribution in [0.25, 0.3) is 0 Å². The zero-order chi connectivity index (χ0) is 14.5. The number of hydrogen-bond donors (Lipinski definition) is 1. The van der Waals surface area contributed by atoms with Gasteiger partial charge >= 0.3 is 0 Å². The Morgan fingerprint density at radius 2 is 1.95 bits per heavy atom. The molecule has 112 valence electrons. The van der Waals surface area contributed by atoms with Crippen LogP contribution in [0.2, 0.25) is 0 Å². The predicted octanol–water partition coefficient (Wildman–Crippen LogP) is 3.64. The zero-order valence-corrected chi connectivity index (χ0v) is 13.4. The fourth-order valence-corrected chi connectivity index (χ4v) is 3.61. The van der Waals surface area contributed by atoms with E-state index >= 15 is 0 Å². The highest BCUT2D eigenvalue weighted by molar-refractivity contribution is 5.33. The quantitative estimate of drug-likeness (QED) is 0.888. The Kier molecular flexibility index (Phi) is 5.62. The average Bonchev–Trinajstić information content (AvgIpc) is 2.49. The van der Waals surface area contributed by atoms with Crippen molar-refractivity contribution in [2.24, 2.45) is 11.7 Å². The molecule has 1 aliphatic rings. The van der Waals surface area contributed by atoms with E-state index in [1.165, 1.54) is 42.4 Å². The molecule has 1 aliphatic carbocycles. The van der Waals surface area contributed by atoms with Crippen molar-refractivity contribution in [3.05, 3.63) is 34.9 Å². The van der Waals surface area contributed by atoms with E-state index in [9.17, 15) is 0 Å². The molecule has 2 unspecified atom stereocenters. The number of rotatable bonds is 5. The van der Waals surface area contributed by atoms with Gasteiger partial charge in [-0.1, -0.05) is 38.0 Å². The second-order valence-corrected chi connectivity index (χ2v) is 6.27. The van der Waals surface area contributed by atoms with Gasteiger partial charge in [-0.2, -0.15) is 0 Å². The summed E-state index contributed by atoms with van der Waals surface area (Å²) in [6.45, 7) is 9.78. The van der Waals surface area contributed by atoms with Crippen LogP contribution >= 0.6 is 0 Å². The van der Waals surface area contributed by atoms with E-state index in [2.05, 4.69) is 43.9 Å². The lowest BCUT2D eigenvalue weighted by molar-refractivity contribution is 0.105. The third-order valence-electron chi connectivity index (χ3n) is 5.14. The maximum Gasteiger partial charge on any atom is 0.0239 e. The first-order valence-corrected chi connectivity index (χ1v) is 8.16. The van der Waals surface area contributed by atoms with Gasteiger partial charge in [-0.3, -0.25) is 4.90 Å². The first-order chi connectivity index (χ1) is 9.67. The number of aryl methyl sites for hydroxylation is 1. The van der Waals surface area contributed by atoms with Gasteiger partial charge in [0.15, 0.2) is 0 Å². The summed E-state index contributed by atoms with van der Waals surface area (Å²) < 4.78 is 0. The van der Waals surface area contributed by atoms with Crippen LogP contribution in [0.1, 0.15) is 49.3 Å². The molecule has 2 N–H and O–H groups in total. The summed E-state index contributed by atoms with van der Waals surface area (Å²) in [5.74, 6) is 0.689. The molecule has 20 heavy (non-hydrogen) atoms. The summed E-state index contributed by atoms with van der Waals surface area (Å²) in [5.41, 5.74) is 10.3. The molecule has 1 aromatic carbocycles. The van der Waals surface area contributed by atoms with Crippen molar-refractivity contribution in [1.29, 1.82) is 0 Å². The highest BCUT2D eigenvalue weighted by Crippen LogP contribution is 2.29. The van der Waals surface area contributed by atoms with Crippen molar-refractivity contribution in [1.82, 2.24) is 4.90 Å². The van der Waals surface area contributed by atoms with Crippen LogP contribution in [0.15, 0.2) is 18.2 Å². The fraction of sp³-hybridized carbons (Fsp3) is 0.667. The minimum absolute atomic E-state index is 0.679. The molecule has 0 spiro atoms. The van der Waals surface area contributed by atoms with Gasteiger partial charge in [0.1, 0.15) is 0 Å². The molecule has 2 nitrogen and oxygen atoms in total. The van der Waals surface area contributed by atoms with Crippen LogP contribution in [-0.4, -0.2) is 24.0 Å². The van der Waals surface area contributed by atoms with Crippen molar-refractivity contribution in [3.63, 3.8) is 0 Å². The Morgan fingerprint density at radius 1 is 1.20 bits per heavy atom. The Morgan fingerprint density at radius 3 is 2.65 bits per heavy atom. The van der Waals surface area contributed by atoms with Crippen LogP contribution in [0.4, 0.5) is 0 Å². The van der Waals surface area contributed by atoms with Gasteiger partial charge in [0.2, 0.25) is 0 Å². The average molecular weight is 274 g/mol. The number of benzene rings is 1. The van der Waals surface area contributed by atoms with Crippen molar-refractivity contribution in [2.75, 3.05) is 13.1 Å². The first kappa shape index (κ1) is 15.5. The van der Waals surface area contributed by atoms with Crippen LogP contribution in [0.3, 0.4) is 0 Å². The van der Waals surface area contributed by atoms with Crippen molar-refractivity contribution in [2.45, 2.75) is 59.0 Å². The van der Waals surface area contributed by atoms with Crippen LogP contribution < -0.4 is 5.73 Å². The van der Waals surface area contributed by atoms with E-state index in [1.54, 1.807) is 0 Å². The molecule has 0 radical (unpaired) electrons. The van der Waals surface area contributed by atoms with Gasteiger partial charge in [0.25, 0.3) is 0 Å². The van der Waals surface area contributed by atoms with Gasteiger partial charge in [-0.15, -0.1) is 0 Å². The zero-order valence-electron chi connectivity index (χ0n) is 13.4. The molecule has 1 saturated carbocycles. The topological polar surface area (TPSA) is 29.3 Å². The van der Waals surface area contributed by atoms with E-state index in [0.29, 0.717) is 12.0 Å². The van der Waals surface area contributed by atoms with Crippen molar-refractivity contribution >= 4 is 0 Å². The highest BCUT2D eigenvalue weighted by atomic mass is 15.2. The molecule has 2 atom stereocenters. The van der Waals surface area contributed by atoms with E-state index in [-0.39, 0.29) is 0 Å². The van der Waals surface area contributed by atoms with E-state index in [4.69, 9.17) is 5.73 Å². The summed E-state index contributed by atoms with van der Waals surface area (Å²) in [5, 5.41) is 0. The van der Waals surface area contributed by atoms with Crippen molar-refractivity contribution < 1.29 is 0 Å². The lowest BCUT2D eigenvalue weighted by Gasteiger charge is -2.39. The van der Waals surface area contributed by atoms with Gasteiger partial charge in [0, 0.05) is 12.6 Å². The molecule has 0 aromatic heterocycles. The van der Waals surface area contributed by atoms with E-state index < -0.39 is 0 Å². The Hall–Kier alpha value is -0.860. The summed E-state index contributed by atoms with van der Waals surface area (Å²) >= 11 is 0. The Bertz CT molecular complexity index is 427. The van der Waals surface area contributed by atoms with Crippen molar-refractivity contribution in [3.8, 4) is 0 Å². The van der Waals surface area contributed by atoms with Gasteiger partial charge in [-0.05, 0) is 62.4 Å². The molecule has 0 aliphatic heterocycles. The minimum atomic E-state index is 0.679. The molecule has 0 bridgehead atoms. The SMILES string of the molecule is CCN(Cc1cccc(C)c1C)C1CCCCC1CN. The molecule has 2 rings (SSSR count). The number of nitrogens with zero attached hydrogens (tertiary/aromatic N) is 1. The summed E-state index contributed by atoms with van der Waals surface area (Å²) in [7, 11) is 0. The Labute approximate surface area is 124 Å². The molecule has 1 aromatic rings. The van der Waals surface area contributed by atoms with Gasteiger partial charge < -0.3 is 5.73 Å². The molecule has 1 fully saturated rings. The number of hydrogen-bond acceptors (Lipinski definition) is 2. The molecule has 0 heterocycles. The fourth-order valence-electron chi connectivity index (χ4n) is 3.61. The normalized spacial score (nSPS) is 23.2. The maximum absolute atomic E-state index is 6.01. The third-order valence-corrected chi connectivity index (χ3v) is 5.14. The lowest BCUT2D eigenvalue weighted by Crippen LogP contribution is -2.44. The van der Waals surface area contributed by atoms with Crippen LogP contribution in [0, 0.1) is 19.8 Å². The third kappa shape index (κ3) is 3.42. The molecular formula is C18H30N2. The standard InChI is InChI=1S/C18H30N2/c1-4-20(18-11-6-5-9-16(18)12-19)13-17-10-7-8-14(2)15(17)3/h7-8,10,16,18H,4-6,9,11-13,19H2,1-3H3. The smallest absolute Gasteiger partial charge is 0.0239 e. The second-order valence-electron chi connectivity index (χ2n) is 6.27. The molecular weight excluding hydrogens is 244 g/mol. The lowest BCUT2D eigenvalue weighted by atomic mass is 9.83. The van der Waals surface area contributed by atoms with Crippen LogP contribution in [0.5, 0.6) is 0 Å². The summed E-state index contributed by atoms with van der Waals surface area (Å²) in [6.07, 6.45) is 5.36. The molecule has 0 saturated heterocycles. The Balaban J connectivity index is 2.13. The van der Waals surface area contributed by atoms with Gasteiger partial charge in [0.05, 0.1) is 0 Å². The predicted molar refractivity (Wildman–Crippen MR) is 86.8 cm³/mol. The highest BCUT2D eigenvalue weighted by Gasteiger charge is 2.28. The first-order valence-electron chi connectivity index (χ1n) is 8.16. The molecule has 2 heteroatoms. The summed E-state index contributed by atoms with van der Waals surface area (Å²) in [6, 6.07) is 7.36. The van der Waals surface area contributed by atoms with Gasteiger partial charge in [-0.25, -0.2) is 0 Å². The summed E-state index contributed by atoms with van der Waals surface area (Å²) in [4.78, 5) is 2.65. The second kappa shape index (κ2) is 7.24. The molecule has 0 amide bonds. The van der Waals surface area contributed by atoms with Crippen LogP contribution in [-0.2, 0) is 6.54 Å². The largest absolute Gasteiger partial charge is 0.330 e.